The summed E-state index contributed by atoms with van der Waals surface area (Å²) in [6.45, 7) is 0.765. The van der Waals surface area contributed by atoms with E-state index in [-0.39, 0.29) is 5.82 Å². The van der Waals surface area contributed by atoms with Gasteiger partial charge < -0.3 is 11.1 Å². The first-order valence-corrected chi connectivity index (χ1v) is 5.75. The van der Waals surface area contributed by atoms with Gasteiger partial charge in [-0.2, -0.15) is 0 Å². The fraction of sp³-hybridized carbons (Fsp3) is 0.167. The maximum atomic E-state index is 13.4. The number of nitrogens with one attached hydrogen (secondary N) is 1. The van der Waals surface area contributed by atoms with Crippen LogP contribution >= 0.6 is 11.6 Å². The highest BCUT2D eigenvalue weighted by molar-refractivity contribution is 6.30. The number of nitrogens with two attached hydrogens (primary N) is 1. The first-order chi connectivity index (χ1) is 8.65. The molecule has 18 heavy (non-hydrogen) atoms. The van der Waals surface area contributed by atoms with E-state index in [1.807, 2.05) is 0 Å². The van der Waals surface area contributed by atoms with Crippen molar-refractivity contribution in [1.82, 2.24) is 15.3 Å². The van der Waals surface area contributed by atoms with Crippen molar-refractivity contribution < 1.29 is 4.39 Å². The van der Waals surface area contributed by atoms with E-state index in [2.05, 4.69) is 15.3 Å². The number of aromatic nitrogens is 2. The van der Waals surface area contributed by atoms with E-state index in [1.54, 1.807) is 18.3 Å². The lowest BCUT2D eigenvalue weighted by molar-refractivity contribution is 0.583. The molecule has 1 aromatic heterocycles. The molecule has 3 N–H and O–H groups in total. The third-order valence-electron chi connectivity index (χ3n) is 2.33. The monoisotopic (exact) mass is 266 g/mol. The molecule has 1 heterocycles. The van der Waals surface area contributed by atoms with Gasteiger partial charge in [-0.25, -0.2) is 14.4 Å². The Kier molecular flexibility index (Phi) is 4.07. The van der Waals surface area contributed by atoms with Crippen molar-refractivity contribution >= 4 is 17.4 Å². The largest absolute Gasteiger partial charge is 0.384 e. The van der Waals surface area contributed by atoms with Gasteiger partial charge >= 0.3 is 0 Å². The van der Waals surface area contributed by atoms with Gasteiger partial charge in [0.25, 0.3) is 0 Å². The number of hydrogen-bond donors (Lipinski definition) is 2. The molecule has 0 amide bonds. The Morgan fingerprint density at radius 2 is 2.11 bits per heavy atom. The van der Waals surface area contributed by atoms with Gasteiger partial charge in [0.1, 0.15) is 17.5 Å². The van der Waals surface area contributed by atoms with Crippen LogP contribution in [0, 0.1) is 5.82 Å². The number of anilines is 1. The molecule has 94 valence electrons. The molecule has 0 fully saturated rings. The molecule has 0 unspecified atom stereocenters. The molecule has 4 nitrogen and oxygen atoms in total. The zero-order chi connectivity index (χ0) is 13.0. The van der Waals surface area contributed by atoms with Crippen LogP contribution in [0.4, 0.5) is 10.2 Å². The molecule has 0 aliphatic heterocycles. The van der Waals surface area contributed by atoms with Crippen LogP contribution in [0.3, 0.4) is 0 Å². The van der Waals surface area contributed by atoms with E-state index in [1.165, 1.54) is 12.1 Å². The Balaban J connectivity index is 1.94. The summed E-state index contributed by atoms with van der Waals surface area (Å²) >= 11 is 5.80. The molecule has 2 rings (SSSR count). The summed E-state index contributed by atoms with van der Waals surface area (Å²) in [7, 11) is 0. The number of halogens is 2. The molecule has 0 saturated carbocycles. The topological polar surface area (TPSA) is 63.8 Å². The summed E-state index contributed by atoms with van der Waals surface area (Å²) < 4.78 is 13.4. The molecule has 0 saturated heterocycles. The second-order valence-electron chi connectivity index (χ2n) is 3.74. The highest BCUT2D eigenvalue weighted by atomic mass is 35.5. The predicted molar refractivity (Wildman–Crippen MR) is 68.4 cm³/mol. The number of nitrogen functional groups attached to an aromatic ring is 1. The summed E-state index contributed by atoms with van der Waals surface area (Å²) in [5.74, 6) is 0.688. The van der Waals surface area contributed by atoms with Gasteiger partial charge in [0.05, 0.1) is 6.54 Å². The average Bonchev–Trinajstić information content (AvgIpc) is 2.34. The van der Waals surface area contributed by atoms with Crippen molar-refractivity contribution in [3.05, 3.63) is 52.7 Å². The lowest BCUT2D eigenvalue weighted by Gasteiger charge is -2.06. The average molecular weight is 267 g/mol. The van der Waals surface area contributed by atoms with E-state index in [9.17, 15) is 4.39 Å². The van der Waals surface area contributed by atoms with Gasteiger partial charge in [0.2, 0.25) is 0 Å². The minimum Gasteiger partial charge on any atom is -0.384 e. The van der Waals surface area contributed by atoms with Crippen molar-refractivity contribution in [3.8, 4) is 0 Å². The minimum absolute atomic E-state index is 0.291. The van der Waals surface area contributed by atoms with E-state index in [0.717, 1.165) is 0 Å². The molecular formula is C12H12ClFN4. The van der Waals surface area contributed by atoms with Crippen LogP contribution < -0.4 is 11.1 Å². The summed E-state index contributed by atoms with van der Waals surface area (Å²) in [6.07, 6.45) is 1.58. The van der Waals surface area contributed by atoms with Crippen LogP contribution in [0.15, 0.2) is 30.5 Å². The van der Waals surface area contributed by atoms with Crippen molar-refractivity contribution in [2.45, 2.75) is 13.1 Å². The normalized spacial score (nSPS) is 10.6. The molecule has 6 heteroatoms. The third kappa shape index (κ3) is 3.38. The predicted octanol–water partition coefficient (Wildman–Crippen LogP) is 2.14. The molecule has 0 aliphatic carbocycles. The lowest BCUT2D eigenvalue weighted by Crippen LogP contribution is -2.16. The highest BCUT2D eigenvalue weighted by Crippen LogP contribution is 2.14. The second-order valence-corrected chi connectivity index (χ2v) is 4.17. The van der Waals surface area contributed by atoms with Crippen LogP contribution in [-0.2, 0) is 13.1 Å². The SMILES string of the molecule is Nc1ccnc(CNCc2cc(Cl)ccc2F)n1. The third-order valence-corrected chi connectivity index (χ3v) is 2.57. The number of rotatable bonds is 4. The summed E-state index contributed by atoms with van der Waals surface area (Å²) in [4.78, 5) is 8.07. The van der Waals surface area contributed by atoms with E-state index in [0.29, 0.717) is 35.3 Å². The van der Waals surface area contributed by atoms with Crippen LogP contribution in [0.25, 0.3) is 0 Å². The van der Waals surface area contributed by atoms with Gasteiger partial charge in [-0.15, -0.1) is 0 Å². The van der Waals surface area contributed by atoms with E-state index < -0.39 is 0 Å². The standard InChI is InChI=1S/C12H12ClFN4/c13-9-1-2-10(14)8(5-9)6-16-7-12-17-4-3-11(15)18-12/h1-5,16H,6-7H2,(H2,15,17,18). The summed E-state index contributed by atoms with van der Waals surface area (Å²) in [5.41, 5.74) is 6.04. The van der Waals surface area contributed by atoms with Gasteiger partial charge in [0.15, 0.2) is 0 Å². The molecule has 0 spiro atoms. The van der Waals surface area contributed by atoms with Gasteiger partial charge in [-0.1, -0.05) is 11.6 Å². The van der Waals surface area contributed by atoms with Crippen LogP contribution in [-0.4, -0.2) is 9.97 Å². The second kappa shape index (κ2) is 5.75. The van der Waals surface area contributed by atoms with Crippen LogP contribution in [0.5, 0.6) is 0 Å². The minimum atomic E-state index is -0.291. The lowest BCUT2D eigenvalue weighted by atomic mass is 10.2. The molecule has 0 aliphatic rings. The number of nitrogens with zero attached hydrogens (tertiary/aromatic N) is 2. The Bertz CT molecular complexity index is 547. The molecule has 2 aromatic rings. The van der Waals surface area contributed by atoms with Crippen molar-refractivity contribution in [1.29, 1.82) is 0 Å². The first kappa shape index (κ1) is 12.7. The Morgan fingerprint density at radius 1 is 1.28 bits per heavy atom. The molecule has 0 radical (unpaired) electrons. The van der Waals surface area contributed by atoms with Crippen molar-refractivity contribution in [2.24, 2.45) is 0 Å². The van der Waals surface area contributed by atoms with E-state index in [4.69, 9.17) is 17.3 Å². The molecule has 1 aromatic carbocycles. The summed E-state index contributed by atoms with van der Waals surface area (Å²) in [6, 6.07) is 6.06. The molecule has 0 atom stereocenters. The number of benzene rings is 1. The maximum absolute atomic E-state index is 13.4. The smallest absolute Gasteiger partial charge is 0.144 e. The summed E-state index contributed by atoms with van der Waals surface area (Å²) in [5, 5.41) is 3.54. The zero-order valence-corrected chi connectivity index (χ0v) is 10.3. The highest BCUT2D eigenvalue weighted by Gasteiger charge is 2.03. The quantitative estimate of drug-likeness (QED) is 0.890. The fourth-order valence-corrected chi connectivity index (χ4v) is 1.68. The van der Waals surface area contributed by atoms with Crippen molar-refractivity contribution in [2.75, 3.05) is 5.73 Å². The molecule has 0 bridgehead atoms. The number of hydrogen-bond acceptors (Lipinski definition) is 4. The first-order valence-electron chi connectivity index (χ1n) is 5.37. The van der Waals surface area contributed by atoms with Gasteiger partial charge in [0, 0.05) is 23.3 Å². The van der Waals surface area contributed by atoms with E-state index >= 15 is 0 Å². The molecular weight excluding hydrogens is 255 g/mol. The van der Waals surface area contributed by atoms with Gasteiger partial charge in [-0.05, 0) is 24.3 Å². The Hall–Kier alpha value is -1.72. The fourth-order valence-electron chi connectivity index (χ4n) is 1.49. The Morgan fingerprint density at radius 3 is 2.89 bits per heavy atom. The Labute approximate surface area is 109 Å². The zero-order valence-electron chi connectivity index (χ0n) is 9.53. The van der Waals surface area contributed by atoms with Crippen LogP contribution in [0.2, 0.25) is 5.02 Å². The van der Waals surface area contributed by atoms with Crippen LogP contribution in [0.1, 0.15) is 11.4 Å². The van der Waals surface area contributed by atoms with Crippen molar-refractivity contribution in [3.63, 3.8) is 0 Å². The van der Waals surface area contributed by atoms with Gasteiger partial charge in [-0.3, -0.25) is 0 Å². The maximum Gasteiger partial charge on any atom is 0.144 e.